The van der Waals surface area contributed by atoms with Gasteiger partial charge in [0.2, 0.25) is 0 Å². The number of hydrogen-bond acceptors (Lipinski definition) is 6. The minimum absolute atomic E-state index is 0.410. The first-order chi connectivity index (χ1) is 14.1. The van der Waals surface area contributed by atoms with Gasteiger partial charge in [0.15, 0.2) is 11.5 Å². The van der Waals surface area contributed by atoms with Crippen molar-refractivity contribution in [1.29, 1.82) is 5.26 Å². The topological polar surface area (TPSA) is 77.8 Å². The molecule has 0 spiro atoms. The lowest BCUT2D eigenvalue weighted by Gasteiger charge is -2.36. The Bertz CT molecular complexity index is 886. The van der Waals surface area contributed by atoms with Gasteiger partial charge in [0.25, 0.3) is 0 Å². The molecule has 1 fully saturated rings. The molecule has 1 N–H and O–H groups in total. The molecule has 3 rings (SSSR count). The summed E-state index contributed by atoms with van der Waals surface area (Å²) in [5.41, 5.74) is 2.82. The standard InChI is InChI=1S/C22H26N4O3/c1-3-28-21-14-17(8-9-20(21)29-22(27)24-2)16-25-10-12-26(13-11-25)19-7-5-4-6-18(19)15-23/h4-9,14H,3,10-13,16H2,1-2H3,(H,24,27). The third kappa shape index (κ3) is 5.18. The van der Waals surface area contributed by atoms with Crippen molar-refractivity contribution in [2.75, 3.05) is 44.7 Å². The number of nitrogens with one attached hydrogen (secondary N) is 1. The van der Waals surface area contributed by atoms with Gasteiger partial charge in [-0.1, -0.05) is 18.2 Å². The number of ether oxygens (including phenoxy) is 2. The Morgan fingerprint density at radius 3 is 2.59 bits per heavy atom. The number of para-hydroxylation sites is 1. The summed E-state index contributed by atoms with van der Waals surface area (Å²) in [4.78, 5) is 16.1. The highest BCUT2D eigenvalue weighted by atomic mass is 16.6. The van der Waals surface area contributed by atoms with Gasteiger partial charge in [0.05, 0.1) is 17.9 Å². The number of hydrogen-bond donors (Lipinski definition) is 1. The number of amides is 1. The normalized spacial score (nSPS) is 14.2. The summed E-state index contributed by atoms with van der Waals surface area (Å²) in [6.07, 6.45) is -0.521. The molecular weight excluding hydrogens is 368 g/mol. The van der Waals surface area contributed by atoms with Crippen molar-refractivity contribution in [1.82, 2.24) is 10.2 Å². The number of piperazine rings is 1. The van der Waals surface area contributed by atoms with Crippen LogP contribution in [-0.4, -0.2) is 50.8 Å². The second kappa shape index (κ2) is 9.80. The largest absolute Gasteiger partial charge is 0.490 e. The van der Waals surface area contributed by atoms with E-state index in [0.717, 1.165) is 44.0 Å². The zero-order valence-electron chi connectivity index (χ0n) is 16.9. The van der Waals surface area contributed by atoms with E-state index in [4.69, 9.17) is 9.47 Å². The Hall–Kier alpha value is -3.24. The molecular formula is C22H26N4O3. The highest BCUT2D eigenvalue weighted by Gasteiger charge is 2.20. The predicted molar refractivity (Wildman–Crippen MR) is 111 cm³/mol. The van der Waals surface area contributed by atoms with Gasteiger partial charge in [-0.05, 0) is 36.8 Å². The van der Waals surface area contributed by atoms with Crippen LogP contribution >= 0.6 is 0 Å². The first-order valence-electron chi connectivity index (χ1n) is 9.76. The number of rotatable bonds is 6. The smallest absolute Gasteiger partial charge is 0.412 e. The van der Waals surface area contributed by atoms with Crippen LogP contribution < -0.4 is 19.7 Å². The fourth-order valence-corrected chi connectivity index (χ4v) is 3.40. The molecule has 0 unspecified atom stereocenters. The maximum Gasteiger partial charge on any atom is 0.412 e. The van der Waals surface area contributed by atoms with E-state index >= 15 is 0 Å². The summed E-state index contributed by atoms with van der Waals surface area (Å²) in [5.74, 6) is 0.975. The molecule has 7 nitrogen and oxygen atoms in total. The molecule has 0 atom stereocenters. The lowest BCUT2D eigenvalue weighted by atomic mass is 10.1. The van der Waals surface area contributed by atoms with Crippen LogP contribution in [0.4, 0.5) is 10.5 Å². The van der Waals surface area contributed by atoms with E-state index < -0.39 is 6.09 Å². The van der Waals surface area contributed by atoms with E-state index in [1.165, 1.54) is 7.05 Å². The van der Waals surface area contributed by atoms with Crippen LogP contribution in [0, 0.1) is 11.3 Å². The summed E-state index contributed by atoms with van der Waals surface area (Å²) in [6, 6.07) is 15.7. The molecule has 152 valence electrons. The van der Waals surface area contributed by atoms with E-state index in [2.05, 4.69) is 21.2 Å². The van der Waals surface area contributed by atoms with Crippen LogP contribution in [0.2, 0.25) is 0 Å². The fraction of sp³-hybridized carbons (Fsp3) is 0.364. The van der Waals surface area contributed by atoms with E-state index in [-0.39, 0.29) is 0 Å². The van der Waals surface area contributed by atoms with Crippen LogP contribution in [0.15, 0.2) is 42.5 Å². The first kappa shape index (κ1) is 20.5. The Labute approximate surface area is 171 Å². The van der Waals surface area contributed by atoms with E-state index in [1.54, 1.807) is 6.07 Å². The van der Waals surface area contributed by atoms with Gasteiger partial charge >= 0.3 is 6.09 Å². The molecule has 1 heterocycles. The second-order valence-electron chi connectivity index (χ2n) is 6.75. The number of carbonyl (C=O) groups is 1. The number of benzene rings is 2. The average Bonchev–Trinajstić information content (AvgIpc) is 2.76. The molecule has 0 aliphatic carbocycles. The molecule has 7 heteroatoms. The van der Waals surface area contributed by atoms with Gasteiger partial charge in [-0.15, -0.1) is 0 Å². The highest BCUT2D eigenvalue weighted by Crippen LogP contribution is 2.29. The first-order valence-corrected chi connectivity index (χ1v) is 9.76. The molecule has 0 radical (unpaired) electrons. The highest BCUT2D eigenvalue weighted by molar-refractivity contribution is 5.71. The Morgan fingerprint density at radius 2 is 1.90 bits per heavy atom. The lowest BCUT2D eigenvalue weighted by molar-refractivity contribution is 0.199. The predicted octanol–water partition coefficient (Wildman–Crippen LogP) is 3.00. The van der Waals surface area contributed by atoms with E-state index in [1.807, 2.05) is 43.3 Å². The number of nitrogens with zero attached hydrogens (tertiary/aromatic N) is 3. The Balaban J connectivity index is 1.63. The molecule has 1 aliphatic heterocycles. The quantitative estimate of drug-likeness (QED) is 0.812. The second-order valence-corrected chi connectivity index (χ2v) is 6.75. The van der Waals surface area contributed by atoms with Gasteiger partial charge in [0, 0.05) is 39.8 Å². The molecule has 1 saturated heterocycles. The molecule has 2 aromatic carbocycles. The van der Waals surface area contributed by atoms with Gasteiger partial charge in [-0.2, -0.15) is 5.26 Å². The van der Waals surface area contributed by atoms with Crippen molar-refractivity contribution in [2.45, 2.75) is 13.5 Å². The van der Waals surface area contributed by atoms with Gasteiger partial charge < -0.3 is 19.7 Å². The molecule has 2 aromatic rings. The monoisotopic (exact) mass is 394 g/mol. The van der Waals surface area contributed by atoms with Crippen molar-refractivity contribution in [2.24, 2.45) is 0 Å². The van der Waals surface area contributed by atoms with Gasteiger partial charge in [-0.3, -0.25) is 4.90 Å². The van der Waals surface area contributed by atoms with Crippen molar-refractivity contribution < 1.29 is 14.3 Å². The van der Waals surface area contributed by atoms with Crippen molar-refractivity contribution in [3.05, 3.63) is 53.6 Å². The van der Waals surface area contributed by atoms with Gasteiger partial charge in [-0.25, -0.2) is 4.79 Å². The van der Waals surface area contributed by atoms with Gasteiger partial charge in [0.1, 0.15) is 6.07 Å². The maximum atomic E-state index is 11.5. The lowest BCUT2D eigenvalue weighted by Crippen LogP contribution is -2.46. The molecule has 0 aromatic heterocycles. The van der Waals surface area contributed by atoms with Crippen LogP contribution in [-0.2, 0) is 6.54 Å². The van der Waals surface area contributed by atoms with Crippen LogP contribution in [0.25, 0.3) is 0 Å². The van der Waals surface area contributed by atoms with Crippen LogP contribution in [0.3, 0.4) is 0 Å². The maximum absolute atomic E-state index is 11.5. The van der Waals surface area contributed by atoms with E-state index in [9.17, 15) is 10.1 Å². The molecule has 29 heavy (non-hydrogen) atoms. The third-order valence-corrected chi connectivity index (χ3v) is 4.86. The Kier molecular flexibility index (Phi) is 6.93. The van der Waals surface area contributed by atoms with Crippen LogP contribution in [0.1, 0.15) is 18.1 Å². The summed E-state index contributed by atoms with van der Waals surface area (Å²) in [6.45, 7) is 6.72. The number of carbonyl (C=O) groups excluding carboxylic acids is 1. The summed E-state index contributed by atoms with van der Waals surface area (Å²) in [5, 5.41) is 11.8. The minimum Gasteiger partial charge on any atom is -0.490 e. The van der Waals surface area contributed by atoms with Crippen molar-refractivity contribution >= 4 is 11.8 Å². The SMILES string of the molecule is CCOc1cc(CN2CCN(c3ccccc3C#N)CC2)ccc1OC(=O)NC. The van der Waals surface area contributed by atoms with E-state index in [0.29, 0.717) is 23.7 Å². The third-order valence-electron chi connectivity index (χ3n) is 4.86. The average molecular weight is 394 g/mol. The minimum atomic E-state index is -0.521. The summed E-state index contributed by atoms with van der Waals surface area (Å²) >= 11 is 0. The van der Waals surface area contributed by atoms with Crippen molar-refractivity contribution in [3.8, 4) is 17.6 Å². The van der Waals surface area contributed by atoms with Crippen LogP contribution in [0.5, 0.6) is 11.5 Å². The molecule has 1 amide bonds. The molecule has 0 saturated carbocycles. The Morgan fingerprint density at radius 1 is 1.14 bits per heavy atom. The summed E-state index contributed by atoms with van der Waals surface area (Å²) in [7, 11) is 1.52. The number of nitriles is 1. The molecule has 1 aliphatic rings. The zero-order valence-corrected chi connectivity index (χ0v) is 16.9. The summed E-state index contributed by atoms with van der Waals surface area (Å²) < 4.78 is 10.9. The zero-order chi connectivity index (χ0) is 20.6. The fourth-order valence-electron chi connectivity index (χ4n) is 3.40. The number of anilines is 1. The van der Waals surface area contributed by atoms with Crippen molar-refractivity contribution in [3.63, 3.8) is 0 Å². The molecule has 0 bridgehead atoms.